The fraction of sp³-hybridized carbons (Fsp3) is 0.500. The summed E-state index contributed by atoms with van der Waals surface area (Å²) in [5, 5.41) is 12.7. The molecule has 0 fully saturated rings. The van der Waals surface area contributed by atoms with E-state index in [4.69, 9.17) is 0 Å². The Bertz CT molecular complexity index is 322. The number of likely N-dealkylation sites (N-methyl/N-ethyl adjacent to an activating group) is 1. The molecule has 0 spiro atoms. The van der Waals surface area contributed by atoms with E-state index in [-0.39, 0.29) is 0 Å². The van der Waals surface area contributed by atoms with E-state index in [2.05, 4.69) is 18.3 Å². The van der Waals surface area contributed by atoms with Gasteiger partial charge in [-0.15, -0.1) is 0 Å². The minimum atomic E-state index is 0.396. The van der Waals surface area contributed by atoms with E-state index in [1.165, 1.54) is 17.5 Å². The number of benzene rings is 1. The number of aromatic hydroxyl groups is 1. The minimum absolute atomic E-state index is 0.396. The third-order valence-electron chi connectivity index (χ3n) is 2.97. The van der Waals surface area contributed by atoms with Gasteiger partial charge in [-0.25, -0.2) is 0 Å². The summed E-state index contributed by atoms with van der Waals surface area (Å²) in [6.45, 7) is 4.23. The molecule has 0 saturated carbocycles. The molecule has 1 aliphatic carbocycles. The first-order chi connectivity index (χ1) is 6.81. The van der Waals surface area contributed by atoms with Crippen LogP contribution in [0.25, 0.3) is 0 Å². The van der Waals surface area contributed by atoms with Crippen molar-refractivity contribution in [1.82, 2.24) is 5.32 Å². The summed E-state index contributed by atoms with van der Waals surface area (Å²) in [6, 6.07) is 5.77. The van der Waals surface area contributed by atoms with Gasteiger partial charge in [-0.1, -0.05) is 13.0 Å². The number of nitrogens with one attached hydrogen (secondary N) is 1. The quantitative estimate of drug-likeness (QED) is 0.766. The number of aryl methyl sites for hydroxylation is 1. The lowest BCUT2D eigenvalue weighted by molar-refractivity contribution is 0.474. The molecule has 1 unspecified atom stereocenters. The Morgan fingerprint density at radius 1 is 1.50 bits per heavy atom. The minimum Gasteiger partial charge on any atom is -0.508 e. The molecule has 0 saturated heterocycles. The van der Waals surface area contributed by atoms with Crippen molar-refractivity contribution in [1.29, 1.82) is 0 Å². The number of phenols is 1. The van der Waals surface area contributed by atoms with Gasteiger partial charge in [0.15, 0.2) is 0 Å². The van der Waals surface area contributed by atoms with Gasteiger partial charge in [0.2, 0.25) is 0 Å². The maximum absolute atomic E-state index is 9.34. The van der Waals surface area contributed by atoms with Gasteiger partial charge in [-0.05, 0) is 48.6 Å². The van der Waals surface area contributed by atoms with Crippen LogP contribution in [0.4, 0.5) is 0 Å². The molecule has 2 N–H and O–H groups in total. The van der Waals surface area contributed by atoms with Crippen LogP contribution >= 0.6 is 0 Å². The molecular formula is C12H17NO. The monoisotopic (exact) mass is 191 g/mol. The van der Waals surface area contributed by atoms with Crippen molar-refractivity contribution in [3.8, 4) is 5.75 Å². The van der Waals surface area contributed by atoms with Gasteiger partial charge in [0.05, 0.1) is 0 Å². The van der Waals surface area contributed by atoms with Crippen LogP contribution < -0.4 is 5.32 Å². The molecule has 0 amide bonds. The second kappa shape index (κ2) is 4.01. The van der Waals surface area contributed by atoms with Crippen molar-refractivity contribution in [2.75, 3.05) is 13.1 Å². The van der Waals surface area contributed by atoms with E-state index in [0.29, 0.717) is 11.7 Å². The van der Waals surface area contributed by atoms with E-state index in [1.54, 1.807) is 6.07 Å². The van der Waals surface area contributed by atoms with Crippen LogP contribution in [-0.2, 0) is 6.42 Å². The highest BCUT2D eigenvalue weighted by molar-refractivity contribution is 5.40. The van der Waals surface area contributed by atoms with Crippen LogP contribution in [0.3, 0.4) is 0 Å². The van der Waals surface area contributed by atoms with Crippen molar-refractivity contribution >= 4 is 0 Å². The highest BCUT2D eigenvalue weighted by Crippen LogP contribution is 2.34. The Balaban J connectivity index is 2.14. The summed E-state index contributed by atoms with van der Waals surface area (Å²) in [7, 11) is 0. The molecule has 14 heavy (non-hydrogen) atoms. The molecule has 76 valence electrons. The fourth-order valence-electron chi connectivity index (χ4n) is 2.22. The average molecular weight is 191 g/mol. The van der Waals surface area contributed by atoms with Crippen LogP contribution in [0.2, 0.25) is 0 Å². The van der Waals surface area contributed by atoms with Gasteiger partial charge in [0.25, 0.3) is 0 Å². The molecule has 2 nitrogen and oxygen atoms in total. The second-order valence-electron chi connectivity index (χ2n) is 3.93. The Morgan fingerprint density at radius 2 is 2.36 bits per heavy atom. The van der Waals surface area contributed by atoms with E-state index in [1.807, 2.05) is 6.07 Å². The lowest BCUT2D eigenvalue weighted by Crippen LogP contribution is -2.19. The fourth-order valence-corrected chi connectivity index (χ4v) is 2.22. The summed E-state index contributed by atoms with van der Waals surface area (Å²) in [6.07, 6.45) is 2.32. The van der Waals surface area contributed by atoms with E-state index in [0.717, 1.165) is 19.5 Å². The normalized spacial score (nSPS) is 19.6. The van der Waals surface area contributed by atoms with Gasteiger partial charge >= 0.3 is 0 Å². The first-order valence-corrected chi connectivity index (χ1v) is 5.33. The van der Waals surface area contributed by atoms with Crippen molar-refractivity contribution in [2.24, 2.45) is 0 Å². The molecule has 1 aromatic carbocycles. The van der Waals surface area contributed by atoms with Crippen molar-refractivity contribution in [3.63, 3.8) is 0 Å². The molecule has 0 heterocycles. The van der Waals surface area contributed by atoms with Gasteiger partial charge in [0, 0.05) is 6.54 Å². The largest absolute Gasteiger partial charge is 0.508 e. The number of hydrogen-bond acceptors (Lipinski definition) is 2. The zero-order chi connectivity index (χ0) is 9.97. The SMILES string of the molecule is CCNCC1CCc2cc(O)ccc21. The lowest BCUT2D eigenvalue weighted by Gasteiger charge is -2.11. The summed E-state index contributed by atoms with van der Waals surface area (Å²) in [5.74, 6) is 1.04. The standard InChI is InChI=1S/C12H17NO/c1-2-13-8-10-4-3-9-7-11(14)5-6-12(9)10/h5-7,10,13-14H,2-4,8H2,1H3. The van der Waals surface area contributed by atoms with E-state index < -0.39 is 0 Å². The summed E-state index contributed by atoms with van der Waals surface area (Å²) >= 11 is 0. The topological polar surface area (TPSA) is 32.3 Å². The van der Waals surface area contributed by atoms with Crippen LogP contribution in [0.5, 0.6) is 5.75 Å². The predicted molar refractivity (Wildman–Crippen MR) is 57.7 cm³/mol. The van der Waals surface area contributed by atoms with E-state index in [9.17, 15) is 5.11 Å². The zero-order valence-electron chi connectivity index (χ0n) is 8.59. The Kier molecular flexibility index (Phi) is 2.73. The highest BCUT2D eigenvalue weighted by Gasteiger charge is 2.21. The predicted octanol–water partition coefficient (Wildman–Crippen LogP) is 2.03. The number of fused-ring (bicyclic) bond motifs is 1. The molecule has 0 aliphatic heterocycles. The molecule has 2 rings (SSSR count). The number of hydrogen-bond donors (Lipinski definition) is 2. The molecule has 0 aromatic heterocycles. The second-order valence-corrected chi connectivity index (χ2v) is 3.93. The van der Waals surface area contributed by atoms with Crippen LogP contribution in [0, 0.1) is 0 Å². The lowest BCUT2D eigenvalue weighted by atomic mass is 10.0. The van der Waals surface area contributed by atoms with Gasteiger partial charge < -0.3 is 10.4 Å². The molecule has 2 heteroatoms. The number of phenolic OH excluding ortho intramolecular Hbond substituents is 1. The molecule has 1 aliphatic rings. The highest BCUT2D eigenvalue weighted by atomic mass is 16.3. The van der Waals surface area contributed by atoms with Crippen LogP contribution in [0.1, 0.15) is 30.4 Å². The maximum atomic E-state index is 9.34. The summed E-state index contributed by atoms with van der Waals surface area (Å²) in [4.78, 5) is 0. The Hall–Kier alpha value is -1.02. The molecular weight excluding hydrogens is 174 g/mol. The smallest absolute Gasteiger partial charge is 0.115 e. The molecule has 0 radical (unpaired) electrons. The van der Waals surface area contributed by atoms with Gasteiger partial charge in [-0.2, -0.15) is 0 Å². The number of rotatable bonds is 3. The Morgan fingerprint density at radius 3 is 3.14 bits per heavy atom. The Labute approximate surface area is 85.0 Å². The van der Waals surface area contributed by atoms with E-state index >= 15 is 0 Å². The van der Waals surface area contributed by atoms with Crippen LogP contribution in [0.15, 0.2) is 18.2 Å². The molecule has 1 atom stereocenters. The summed E-state index contributed by atoms with van der Waals surface area (Å²) in [5.41, 5.74) is 2.75. The third kappa shape index (κ3) is 1.75. The average Bonchev–Trinajstić information content (AvgIpc) is 2.57. The van der Waals surface area contributed by atoms with Crippen LogP contribution in [-0.4, -0.2) is 18.2 Å². The first-order valence-electron chi connectivity index (χ1n) is 5.33. The molecule has 1 aromatic rings. The summed E-state index contributed by atoms with van der Waals surface area (Å²) < 4.78 is 0. The van der Waals surface area contributed by atoms with Gasteiger partial charge in [-0.3, -0.25) is 0 Å². The third-order valence-corrected chi connectivity index (χ3v) is 2.97. The van der Waals surface area contributed by atoms with Crippen molar-refractivity contribution < 1.29 is 5.11 Å². The maximum Gasteiger partial charge on any atom is 0.115 e. The van der Waals surface area contributed by atoms with Gasteiger partial charge in [0.1, 0.15) is 5.75 Å². The van der Waals surface area contributed by atoms with Crippen molar-refractivity contribution in [3.05, 3.63) is 29.3 Å². The molecule has 0 bridgehead atoms. The first kappa shape index (κ1) is 9.53. The zero-order valence-corrected chi connectivity index (χ0v) is 8.59. The van der Waals surface area contributed by atoms with Crippen molar-refractivity contribution in [2.45, 2.75) is 25.7 Å².